The standard InChI is InChI=1S/C11H12F3/c1-3-4-9-5-6-10(7-8(9)2)11(12,13)14/h5-7H,2-4H2,1H3. The van der Waals surface area contributed by atoms with E-state index in [2.05, 4.69) is 6.92 Å². The van der Waals surface area contributed by atoms with Gasteiger partial charge in [0.1, 0.15) is 0 Å². The van der Waals surface area contributed by atoms with Crippen LogP contribution in [0, 0.1) is 6.92 Å². The molecule has 3 heteroatoms. The van der Waals surface area contributed by atoms with Crippen LogP contribution in [0.15, 0.2) is 18.2 Å². The van der Waals surface area contributed by atoms with Gasteiger partial charge in [-0.2, -0.15) is 13.2 Å². The summed E-state index contributed by atoms with van der Waals surface area (Å²) >= 11 is 0. The van der Waals surface area contributed by atoms with Crippen LogP contribution in [-0.2, 0) is 12.6 Å². The lowest BCUT2D eigenvalue weighted by Crippen LogP contribution is -2.05. The maximum absolute atomic E-state index is 12.3. The zero-order valence-electron chi connectivity index (χ0n) is 7.99. The second-order valence-electron chi connectivity index (χ2n) is 3.23. The van der Waals surface area contributed by atoms with E-state index in [1.165, 1.54) is 6.07 Å². The van der Waals surface area contributed by atoms with Crippen molar-refractivity contribution in [2.24, 2.45) is 0 Å². The van der Waals surface area contributed by atoms with E-state index < -0.39 is 11.7 Å². The lowest BCUT2D eigenvalue weighted by atomic mass is 10.0. The largest absolute Gasteiger partial charge is 0.416 e. The molecule has 0 spiro atoms. The molecule has 0 amide bonds. The number of halogens is 3. The number of alkyl halides is 3. The summed E-state index contributed by atoms with van der Waals surface area (Å²) in [5.41, 5.74) is 0.740. The Morgan fingerprint density at radius 2 is 1.93 bits per heavy atom. The molecule has 0 saturated carbocycles. The Bertz CT molecular complexity index is 313. The highest BCUT2D eigenvalue weighted by Crippen LogP contribution is 2.30. The number of hydrogen-bond acceptors (Lipinski definition) is 0. The van der Waals surface area contributed by atoms with E-state index in [-0.39, 0.29) is 0 Å². The molecule has 0 aromatic heterocycles. The Labute approximate surface area is 81.8 Å². The molecule has 1 radical (unpaired) electrons. The summed E-state index contributed by atoms with van der Waals surface area (Å²) in [6.07, 6.45) is -2.58. The third kappa shape index (κ3) is 2.50. The Morgan fingerprint density at radius 3 is 2.36 bits per heavy atom. The van der Waals surface area contributed by atoms with E-state index in [9.17, 15) is 13.2 Å². The predicted octanol–water partition coefficient (Wildman–Crippen LogP) is 3.84. The maximum Gasteiger partial charge on any atom is 0.416 e. The van der Waals surface area contributed by atoms with Crippen LogP contribution in [0.3, 0.4) is 0 Å². The molecule has 1 aromatic carbocycles. The van der Waals surface area contributed by atoms with Gasteiger partial charge in [0.2, 0.25) is 0 Å². The minimum Gasteiger partial charge on any atom is -0.166 e. The SMILES string of the molecule is [CH2]c1cc(C(F)(F)F)ccc1CCC. The maximum atomic E-state index is 12.3. The average Bonchev–Trinajstić information content (AvgIpc) is 2.07. The third-order valence-electron chi connectivity index (χ3n) is 2.05. The molecule has 1 aromatic rings. The Kier molecular flexibility index (Phi) is 3.19. The number of hydrogen-bond donors (Lipinski definition) is 0. The van der Waals surface area contributed by atoms with E-state index in [1.54, 1.807) is 0 Å². The van der Waals surface area contributed by atoms with Crippen molar-refractivity contribution in [3.8, 4) is 0 Å². The van der Waals surface area contributed by atoms with Crippen LogP contribution in [0.5, 0.6) is 0 Å². The smallest absolute Gasteiger partial charge is 0.166 e. The minimum absolute atomic E-state index is 0.474. The molecule has 0 fully saturated rings. The van der Waals surface area contributed by atoms with Gasteiger partial charge in [0.05, 0.1) is 5.56 Å². The van der Waals surface area contributed by atoms with Crippen molar-refractivity contribution in [2.75, 3.05) is 0 Å². The minimum atomic E-state index is -4.27. The van der Waals surface area contributed by atoms with Crippen molar-refractivity contribution < 1.29 is 13.2 Å². The second kappa shape index (κ2) is 4.03. The van der Waals surface area contributed by atoms with Crippen LogP contribution in [0.2, 0.25) is 0 Å². The van der Waals surface area contributed by atoms with E-state index in [1.807, 2.05) is 6.92 Å². The number of benzene rings is 1. The highest BCUT2D eigenvalue weighted by atomic mass is 19.4. The Balaban J connectivity index is 3.01. The van der Waals surface area contributed by atoms with Crippen LogP contribution in [0.25, 0.3) is 0 Å². The van der Waals surface area contributed by atoms with Gasteiger partial charge < -0.3 is 0 Å². The summed E-state index contributed by atoms with van der Waals surface area (Å²) in [7, 11) is 0. The first-order chi connectivity index (χ1) is 6.45. The van der Waals surface area contributed by atoms with Crippen LogP contribution in [0.4, 0.5) is 13.2 Å². The lowest BCUT2D eigenvalue weighted by molar-refractivity contribution is -0.137. The lowest BCUT2D eigenvalue weighted by Gasteiger charge is -2.10. The van der Waals surface area contributed by atoms with Gasteiger partial charge in [0.25, 0.3) is 0 Å². The zero-order chi connectivity index (χ0) is 10.8. The topological polar surface area (TPSA) is 0 Å². The van der Waals surface area contributed by atoms with Gasteiger partial charge in [0.15, 0.2) is 0 Å². The number of rotatable bonds is 2. The molecule has 0 N–H and O–H groups in total. The molecule has 14 heavy (non-hydrogen) atoms. The number of aryl methyl sites for hydroxylation is 1. The monoisotopic (exact) mass is 201 g/mol. The van der Waals surface area contributed by atoms with Gasteiger partial charge in [-0.25, -0.2) is 0 Å². The van der Waals surface area contributed by atoms with E-state index in [0.29, 0.717) is 5.56 Å². The van der Waals surface area contributed by atoms with Crippen LogP contribution >= 0.6 is 0 Å². The molecule has 0 aliphatic carbocycles. The summed E-state index contributed by atoms with van der Waals surface area (Å²) < 4.78 is 36.8. The van der Waals surface area contributed by atoms with Gasteiger partial charge in [-0.3, -0.25) is 0 Å². The first-order valence-corrected chi connectivity index (χ1v) is 4.47. The predicted molar refractivity (Wildman–Crippen MR) is 49.9 cm³/mol. The van der Waals surface area contributed by atoms with Crippen molar-refractivity contribution >= 4 is 0 Å². The van der Waals surface area contributed by atoms with E-state index in [0.717, 1.165) is 30.5 Å². The second-order valence-corrected chi connectivity index (χ2v) is 3.23. The molecule has 0 aliphatic heterocycles. The molecule has 1 rings (SSSR count). The summed E-state index contributed by atoms with van der Waals surface area (Å²) in [4.78, 5) is 0. The molecule has 0 bridgehead atoms. The van der Waals surface area contributed by atoms with Gasteiger partial charge in [-0.05, 0) is 36.6 Å². The van der Waals surface area contributed by atoms with Gasteiger partial charge in [0, 0.05) is 0 Å². The summed E-state index contributed by atoms with van der Waals surface area (Å²) in [6.45, 7) is 5.60. The highest BCUT2D eigenvalue weighted by Gasteiger charge is 2.30. The molecular weight excluding hydrogens is 189 g/mol. The third-order valence-corrected chi connectivity index (χ3v) is 2.05. The van der Waals surface area contributed by atoms with Crippen LogP contribution < -0.4 is 0 Å². The summed E-state index contributed by atoms with van der Waals surface area (Å²) in [6, 6.07) is 3.72. The molecule has 0 saturated heterocycles. The molecule has 0 unspecified atom stereocenters. The molecule has 0 nitrogen and oxygen atoms in total. The van der Waals surface area contributed by atoms with Crippen molar-refractivity contribution in [1.29, 1.82) is 0 Å². The molecule has 77 valence electrons. The van der Waals surface area contributed by atoms with Crippen LogP contribution in [0.1, 0.15) is 30.0 Å². The zero-order valence-corrected chi connectivity index (χ0v) is 7.99. The summed E-state index contributed by atoms with van der Waals surface area (Å²) in [5, 5.41) is 0. The molecular formula is C11H12F3. The van der Waals surface area contributed by atoms with Gasteiger partial charge >= 0.3 is 6.18 Å². The average molecular weight is 201 g/mol. The normalized spacial score (nSPS) is 11.8. The molecule has 0 heterocycles. The van der Waals surface area contributed by atoms with E-state index in [4.69, 9.17) is 0 Å². The van der Waals surface area contributed by atoms with Crippen molar-refractivity contribution in [1.82, 2.24) is 0 Å². The van der Waals surface area contributed by atoms with Crippen molar-refractivity contribution in [3.05, 3.63) is 41.8 Å². The quantitative estimate of drug-likeness (QED) is 0.682. The van der Waals surface area contributed by atoms with Crippen molar-refractivity contribution in [2.45, 2.75) is 25.9 Å². The van der Waals surface area contributed by atoms with Crippen LogP contribution in [-0.4, -0.2) is 0 Å². The highest BCUT2D eigenvalue weighted by molar-refractivity contribution is 5.35. The fraction of sp³-hybridized carbons (Fsp3) is 0.364. The first-order valence-electron chi connectivity index (χ1n) is 4.47. The fourth-order valence-corrected chi connectivity index (χ4v) is 1.32. The van der Waals surface area contributed by atoms with Gasteiger partial charge in [-0.1, -0.05) is 19.4 Å². The molecule has 0 atom stereocenters. The summed E-state index contributed by atoms with van der Waals surface area (Å²) in [5.74, 6) is 0. The molecule has 0 aliphatic rings. The fourth-order valence-electron chi connectivity index (χ4n) is 1.32. The van der Waals surface area contributed by atoms with Crippen molar-refractivity contribution in [3.63, 3.8) is 0 Å². The first kappa shape index (κ1) is 11.1. The van der Waals surface area contributed by atoms with Gasteiger partial charge in [-0.15, -0.1) is 0 Å². The van der Waals surface area contributed by atoms with E-state index >= 15 is 0 Å². The Hall–Kier alpha value is -0.990. The Morgan fingerprint density at radius 1 is 1.29 bits per heavy atom.